The van der Waals surface area contributed by atoms with Gasteiger partial charge in [0.05, 0.1) is 6.04 Å². The molecule has 2 unspecified atom stereocenters. The molecule has 0 saturated carbocycles. The molecule has 3 atom stereocenters. The van der Waals surface area contributed by atoms with Gasteiger partial charge in [-0.1, -0.05) is 13.8 Å². The number of carbonyl (C=O) groups is 2. The fourth-order valence-corrected chi connectivity index (χ4v) is 2.46. The minimum absolute atomic E-state index is 0.0366. The van der Waals surface area contributed by atoms with Crippen LogP contribution in [0.3, 0.4) is 0 Å². The quantitative estimate of drug-likeness (QED) is 0.840. The second-order valence-electron chi connectivity index (χ2n) is 5.34. The van der Waals surface area contributed by atoms with Crippen molar-refractivity contribution in [3.05, 3.63) is 18.2 Å². The molecule has 0 spiro atoms. The summed E-state index contributed by atoms with van der Waals surface area (Å²) in [5.41, 5.74) is 0. The molecule has 0 radical (unpaired) electrons. The second-order valence-corrected chi connectivity index (χ2v) is 5.81. The number of alkyl halides is 1. The molecule has 2 amide bonds. The average Bonchev–Trinajstić information content (AvgIpc) is 3.02. The van der Waals surface area contributed by atoms with Crippen LogP contribution in [0.25, 0.3) is 0 Å². The summed E-state index contributed by atoms with van der Waals surface area (Å²) in [6.45, 7) is 3.90. The van der Waals surface area contributed by atoms with Gasteiger partial charge in [0, 0.05) is 19.4 Å². The van der Waals surface area contributed by atoms with E-state index in [0.717, 1.165) is 4.90 Å². The van der Waals surface area contributed by atoms with Gasteiger partial charge in [-0.25, -0.2) is 14.7 Å². The van der Waals surface area contributed by atoms with Crippen molar-refractivity contribution >= 4 is 23.6 Å². The van der Waals surface area contributed by atoms with Crippen LogP contribution in [-0.2, 0) is 16.6 Å². The first-order valence-corrected chi connectivity index (χ1v) is 7.07. The Morgan fingerprint density at radius 2 is 2.24 bits per heavy atom. The Labute approximate surface area is 127 Å². The number of halogens is 1. The summed E-state index contributed by atoms with van der Waals surface area (Å²) in [4.78, 5) is 29.1. The highest BCUT2D eigenvalue weighted by atomic mass is 35.5. The number of imide groups is 1. The van der Waals surface area contributed by atoms with Crippen LogP contribution in [0.1, 0.15) is 25.8 Å². The van der Waals surface area contributed by atoms with E-state index in [2.05, 4.69) is 4.98 Å². The molecular weight excluding hydrogens is 298 g/mol. The second kappa shape index (κ2) is 6.03. The van der Waals surface area contributed by atoms with Crippen LogP contribution in [0, 0.1) is 5.92 Å². The van der Waals surface area contributed by atoms with Gasteiger partial charge in [-0.15, -0.1) is 11.6 Å². The molecule has 116 valence electrons. The minimum atomic E-state index is -1.31. The summed E-state index contributed by atoms with van der Waals surface area (Å²) in [7, 11) is 1.68. The van der Waals surface area contributed by atoms with Crippen molar-refractivity contribution < 1.29 is 19.4 Å². The van der Waals surface area contributed by atoms with Gasteiger partial charge in [-0.3, -0.25) is 4.79 Å². The monoisotopic (exact) mass is 315 g/mol. The number of imidazole rings is 1. The van der Waals surface area contributed by atoms with E-state index in [-0.39, 0.29) is 24.4 Å². The first kappa shape index (κ1) is 15.8. The van der Waals surface area contributed by atoms with Gasteiger partial charge in [0.2, 0.25) is 0 Å². The predicted molar refractivity (Wildman–Crippen MR) is 74.6 cm³/mol. The topological polar surface area (TPSA) is 84.7 Å². The van der Waals surface area contributed by atoms with Crippen molar-refractivity contribution in [2.45, 2.75) is 31.4 Å². The van der Waals surface area contributed by atoms with E-state index in [1.54, 1.807) is 17.8 Å². The number of aliphatic hydroxyl groups is 1. The molecule has 21 heavy (non-hydrogen) atoms. The lowest BCUT2D eigenvalue weighted by molar-refractivity contribution is -0.131. The largest absolute Gasteiger partial charge is 0.447 e. The maximum atomic E-state index is 12.4. The molecule has 1 fully saturated rings. The fraction of sp³-hybridized carbons (Fsp3) is 0.615. The van der Waals surface area contributed by atoms with Gasteiger partial charge in [0.1, 0.15) is 23.9 Å². The minimum Gasteiger partial charge on any atom is -0.447 e. The first-order chi connectivity index (χ1) is 9.84. The summed E-state index contributed by atoms with van der Waals surface area (Å²) >= 11 is 6.06. The zero-order valence-electron chi connectivity index (χ0n) is 12.1. The number of nitrogens with zero attached hydrogens (tertiary/aromatic N) is 3. The van der Waals surface area contributed by atoms with E-state index < -0.39 is 23.5 Å². The highest BCUT2D eigenvalue weighted by molar-refractivity contribution is 6.32. The molecule has 8 heteroatoms. The van der Waals surface area contributed by atoms with Crippen LogP contribution in [-0.4, -0.2) is 49.6 Å². The summed E-state index contributed by atoms with van der Waals surface area (Å²) in [5, 5.41) is 8.88. The third-order valence-corrected chi connectivity index (χ3v) is 3.97. The van der Waals surface area contributed by atoms with Crippen molar-refractivity contribution in [3.63, 3.8) is 0 Å². The molecule has 1 saturated heterocycles. The number of ether oxygens (including phenoxy) is 1. The molecule has 1 aliphatic rings. The van der Waals surface area contributed by atoms with Gasteiger partial charge >= 0.3 is 6.09 Å². The molecule has 7 nitrogen and oxygen atoms in total. The lowest BCUT2D eigenvalue weighted by Gasteiger charge is -2.26. The number of aromatic nitrogens is 2. The number of aryl methyl sites for hydroxylation is 1. The van der Waals surface area contributed by atoms with Crippen molar-refractivity contribution in [3.8, 4) is 0 Å². The molecular formula is C13H18ClN3O4. The van der Waals surface area contributed by atoms with Crippen molar-refractivity contribution in [2.75, 3.05) is 6.61 Å². The molecule has 1 N–H and O–H groups in total. The van der Waals surface area contributed by atoms with Crippen LogP contribution >= 0.6 is 11.6 Å². The van der Waals surface area contributed by atoms with Gasteiger partial charge in [-0.2, -0.15) is 0 Å². The lowest BCUT2D eigenvalue weighted by Crippen LogP contribution is -2.47. The number of rotatable bonds is 4. The third kappa shape index (κ3) is 2.89. The number of aliphatic hydroxyl groups excluding tert-OH is 1. The number of hydrogen-bond donors (Lipinski definition) is 1. The molecule has 0 aliphatic carbocycles. The number of cyclic esters (lactones) is 1. The van der Waals surface area contributed by atoms with Gasteiger partial charge in [0.25, 0.3) is 5.91 Å². The zero-order valence-corrected chi connectivity index (χ0v) is 12.8. The van der Waals surface area contributed by atoms with Crippen LogP contribution < -0.4 is 0 Å². The predicted octanol–water partition coefficient (Wildman–Crippen LogP) is 1.06. The summed E-state index contributed by atoms with van der Waals surface area (Å²) in [6, 6.07) is -0.375. The average molecular weight is 316 g/mol. The first-order valence-electron chi connectivity index (χ1n) is 6.63. The van der Waals surface area contributed by atoms with Crippen molar-refractivity contribution in [1.82, 2.24) is 14.5 Å². The van der Waals surface area contributed by atoms with Gasteiger partial charge in [0.15, 0.2) is 0 Å². The Kier molecular flexibility index (Phi) is 4.53. The maximum absolute atomic E-state index is 12.4. The van der Waals surface area contributed by atoms with Gasteiger partial charge < -0.3 is 14.4 Å². The number of hydrogen-bond acceptors (Lipinski definition) is 5. The maximum Gasteiger partial charge on any atom is 0.417 e. The Bertz CT molecular complexity index is 545. The highest BCUT2D eigenvalue weighted by Crippen LogP contribution is 2.26. The molecule has 1 aromatic rings. The van der Waals surface area contributed by atoms with E-state index in [4.69, 9.17) is 16.3 Å². The molecule has 2 rings (SSSR count). The van der Waals surface area contributed by atoms with E-state index in [0.29, 0.717) is 0 Å². The van der Waals surface area contributed by atoms with E-state index in [1.165, 1.54) is 6.20 Å². The fourth-order valence-electron chi connectivity index (χ4n) is 2.24. The molecule has 2 heterocycles. The van der Waals surface area contributed by atoms with Crippen LogP contribution in [0.2, 0.25) is 0 Å². The molecule has 0 aromatic carbocycles. The Morgan fingerprint density at radius 3 is 2.76 bits per heavy atom. The van der Waals surface area contributed by atoms with Gasteiger partial charge in [-0.05, 0) is 5.92 Å². The van der Waals surface area contributed by atoms with Crippen LogP contribution in [0.4, 0.5) is 4.79 Å². The Balaban J connectivity index is 2.18. The third-order valence-electron chi connectivity index (χ3n) is 3.55. The van der Waals surface area contributed by atoms with Crippen LogP contribution in [0.5, 0.6) is 0 Å². The SMILES string of the molecule is CC(C)C1COC(=O)N1C(=O)C(Cl)[C@@H](O)c1nccn1C. The summed E-state index contributed by atoms with van der Waals surface area (Å²) in [6.07, 6.45) is 1.10. The van der Waals surface area contributed by atoms with Crippen molar-refractivity contribution in [1.29, 1.82) is 0 Å². The number of carbonyl (C=O) groups excluding carboxylic acids is 2. The number of amides is 2. The summed E-state index contributed by atoms with van der Waals surface area (Å²) < 4.78 is 6.47. The standard InChI is InChI=1S/C13H18ClN3O4/c1-7(2)8-6-21-13(20)17(8)12(19)9(14)10(18)11-15-4-5-16(11)3/h4-5,7-10,18H,6H2,1-3H3/t8?,9?,10-/m1/s1. The molecule has 1 aromatic heterocycles. The summed E-state index contributed by atoms with van der Waals surface area (Å²) in [5.74, 6) is -0.375. The Hall–Kier alpha value is -1.60. The molecule has 1 aliphatic heterocycles. The van der Waals surface area contributed by atoms with E-state index >= 15 is 0 Å². The molecule has 0 bridgehead atoms. The van der Waals surface area contributed by atoms with E-state index in [9.17, 15) is 14.7 Å². The smallest absolute Gasteiger partial charge is 0.417 e. The lowest BCUT2D eigenvalue weighted by atomic mass is 10.0. The normalized spacial score (nSPS) is 21.5. The highest BCUT2D eigenvalue weighted by Gasteiger charge is 2.44. The Morgan fingerprint density at radius 1 is 1.57 bits per heavy atom. The van der Waals surface area contributed by atoms with Crippen molar-refractivity contribution in [2.24, 2.45) is 13.0 Å². The van der Waals surface area contributed by atoms with E-state index in [1.807, 2.05) is 13.8 Å². The van der Waals surface area contributed by atoms with Crippen LogP contribution in [0.15, 0.2) is 12.4 Å². The zero-order chi connectivity index (χ0) is 15.7.